The zero-order valence-corrected chi connectivity index (χ0v) is 16.2. The molecule has 3 heterocycles. The number of amidine groups is 1. The second-order valence-corrected chi connectivity index (χ2v) is 7.94. The van der Waals surface area contributed by atoms with Crippen LogP contribution in [0.5, 0.6) is 0 Å². The Morgan fingerprint density at radius 3 is 2.80 bits per heavy atom. The molecule has 1 amide bonds. The molecular formula is C25H19N3O2. The summed E-state index contributed by atoms with van der Waals surface area (Å²) in [5.74, 6) is 2.32. The molecule has 146 valence electrons. The molecule has 1 fully saturated rings. The molecule has 4 aliphatic rings. The van der Waals surface area contributed by atoms with Crippen LogP contribution in [0.1, 0.15) is 17.7 Å². The van der Waals surface area contributed by atoms with Crippen LogP contribution in [0, 0.1) is 11.8 Å². The molecule has 2 aromatic rings. The van der Waals surface area contributed by atoms with Gasteiger partial charge >= 0.3 is 0 Å². The molecule has 6 rings (SSSR count). The van der Waals surface area contributed by atoms with E-state index in [0.29, 0.717) is 35.5 Å². The number of allylic oxidation sites excluding steroid dienone is 3. The van der Waals surface area contributed by atoms with Gasteiger partial charge in [-0.05, 0) is 41.5 Å². The summed E-state index contributed by atoms with van der Waals surface area (Å²) in [5.41, 5.74) is 4.17. The molecule has 1 saturated carbocycles. The average Bonchev–Trinajstić information content (AvgIpc) is 3.24. The third-order valence-electron chi connectivity index (χ3n) is 5.80. The Balaban J connectivity index is 1.41. The van der Waals surface area contributed by atoms with Crippen molar-refractivity contribution in [3.05, 3.63) is 101 Å². The maximum absolute atomic E-state index is 13.1. The van der Waals surface area contributed by atoms with Crippen LogP contribution in [0.25, 0.3) is 6.08 Å². The number of amides is 1. The standard InChI is InChI=1S/C25H19N3O2/c29-25-22(14-20-7-4-10-30-20)27-24-21(11-16-5-2-1-3-6-16)26-23(15-28(24)25)18-9-8-17-12-19(17)13-18/h1-10,13-15,17,19H,11-12H2/b22-14-. The molecule has 30 heavy (non-hydrogen) atoms. The van der Waals surface area contributed by atoms with Crippen molar-refractivity contribution in [3.63, 3.8) is 0 Å². The molecule has 5 heteroatoms. The average molecular weight is 393 g/mol. The number of carbonyl (C=O) groups is 1. The predicted octanol–water partition coefficient (Wildman–Crippen LogP) is 4.53. The SMILES string of the molecule is O=C1/C(=C/c2ccco2)N=C2C(Cc3ccccc3)=NC(C3=CC4CC4C=C3)=CN12. The molecule has 2 aliphatic carbocycles. The molecular weight excluding hydrogens is 374 g/mol. The van der Waals surface area contributed by atoms with E-state index < -0.39 is 0 Å². The van der Waals surface area contributed by atoms with Crippen LogP contribution in [0.2, 0.25) is 0 Å². The van der Waals surface area contributed by atoms with Gasteiger partial charge in [-0.2, -0.15) is 0 Å². The highest BCUT2D eigenvalue weighted by atomic mass is 16.3. The Kier molecular flexibility index (Phi) is 3.81. The number of benzene rings is 1. The van der Waals surface area contributed by atoms with Crippen molar-refractivity contribution in [1.82, 2.24) is 4.90 Å². The minimum absolute atomic E-state index is 0.163. The molecule has 1 aromatic carbocycles. The van der Waals surface area contributed by atoms with E-state index in [2.05, 4.69) is 35.4 Å². The van der Waals surface area contributed by atoms with Crippen molar-refractivity contribution in [1.29, 1.82) is 0 Å². The Morgan fingerprint density at radius 1 is 1.10 bits per heavy atom. The van der Waals surface area contributed by atoms with Gasteiger partial charge in [0.1, 0.15) is 11.5 Å². The summed E-state index contributed by atoms with van der Waals surface area (Å²) in [6, 6.07) is 13.7. The number of furan rings is 1. The summed E-state index contributed by atoms with van der Waals surface area (Å²) < 4.78 is 5.37. The lowest BCUT2D eigenvalue weighted by Gasteiger charge is -2.22. The lowest BCUT2D eigenvalue weighted by atomic mass is 10.0. The monoisotopic (exact) mass is 393 g/mol. The number of hydrogen-bond donors (Lipinski definition) is 0. The third-order valence-corrected chi connectivity index (χ3v) is 5.80. The van der Waals surface area contributed by atoms with Crippen molar-refractivity contribution in [3.8, 4) is 0 Å². The van der Waals surface area contributed by atoms with Crippen LogP contribution in [0.3, 0.4) is 0 Å². The van der Waals surface area contributed by atoms with E-state index in [-0.39, 0.29) is 5.91 Å². The molecule has 2 unspecified atom stereocenters. The van der Waals surface area contributed by atoms with Gasteiger partial charge in [0.15, 0.2) is 5.84 Å². The number of rotatable bonds is 4. The van der Waals surface area contributed by atoms with Gasteiger partial charge in [-0.1, -0.05) is 48.6 Å². The van der Waals surface area contributed by atoms with Crippen molar-refractivity contribution in [2.24, 2.45) is 21.8 Å². The molecule has 0 radical (unpaired) electrons. The van der Waals surface area contributed by atoms with Crippen molar-refractivity contribution < 1.29 is 9.21 Å². The summed E-state index contributed by atoms with van der Waals surface area (Å²) in [4.78, 5) is 24.3. The first-order valence-electron chi connectivity index (χ1n) is 10.2. The van der Waals surface area contributed by atoms with Crippen molar-refractivity contribution in [2.45, 2.75) is 12.8 Å². The van der Waals surface area contributed by atoms with Crippen LogP contribution >= 0.6 is 0 Å². The maximum Gasteiger partial charge on any atom is 0.282 e. The van der Waals surface area contributed by atoms with Crippen molar-refractivity contribution in [2.75, 3.05) is 0 Å². The van der Waals surface area contributed by atoms with Crippen LogP contribution in [-0.4, -0.2) is 22.4 Å². The van der Waals surface area contributed by atoms with Gasteiger partial charge in [-0.15, -0.1) is 0 Å². The number of carbonyl (C=O) groups excluding carboxylic acids is 1. The third kappa shape index (κ3) is 2.99. The van der Waals surface area contributed by atoms with E-state index in [4.69, 9.17) is 9.41 Å². The topological polar surface area (TPSA) is 58.2 Å². The van der Waals surface area contributed by atoms with Gasteiger partial charge in [-0.25, -0.2) is 9.98 Å². The van der Waals surface area contributed by atoms with E-state index in [0.717, 1.165) is 22.5 Å². The van der Waals surface area contributed by atoms with Gasteiger partial charge in [0.25, 0.3) is 5.91 Å². The van der Waals surface area contributed by atoms with E-state index in [1.165, 1.54) is 6.42 Å². The first-order chi connectivity index (χ1) is 14.7. The van der Waals surface area contributed by atoms with Gasteiger partial charge in [0.2, 0.25) is 0 Å². The minimum atomic E-state index is -0.163. The number of nitrogens with zero attached hydrogens (tertiary/aromatic N) is 3. The summed E-state index contributed by atoms with van der Waals surface area (Å²) in [6.45, 7) is 0. The first kappa shape index (κ1) is 17.2. The molecule has 0 saturated heterocycles. The van der Waals surface area contributed by atoms with Gasteiger partial charge in [-0.3, -0.25) is 9.69 Å². The highest BCUT2D eigenvalue weighted by molar-refractivity contribution is 6.48. The molecule has 5 nitrogen and oxygen atoms in total. The Bertz CT molecular complexity index is 1210. The molecule has 2 atom stereocenters. The summed E-state index contributed by atoms with van der Waals surface area (Å²) >= 11 is 0. The predicted molar refractivity (Wildman–Crippen MR) is 115 cm³/mol. The quantitative estimate of drug-likeness (QED) is 0.717. The zero-order chi connectivity index (χ0) is 20.1. The highest BCUT2D eigenvalue weighted by Crippen LogP contribution is 2.45. The minimum Gasteiger partial charge on any atom is -0.465 e. The summed E-state index contributed by atoms with van der Waals surface area (Å²) in [7, 11) is 0. The maximum atomic E-state index is 13.1. The second kappa shape index (κ2) is 6.66. The van der Waals surface area contributed by atoms with Crippen LogP contribution < -0.4 is 0 Å². The summed E-state index contributed by atoms with van der Waals surface area (Å²) in [5, 5.41) is 0. The molecule has 0 spiro atoms. The Hall–Kier alpha value is -3.73. The van der Waals surface area contributed by atoms with E-state index in [1.807, 2.05) is 30.5 Å². The Labute approximate surface area is 174 Å². The molecule has 0 bridgehead atoms. The van der Waals surface area contributed by atoms with Crippen LogP contribution in [0.4, 0.5) is 0 Å². The summed E-state index contributed by atoms with van der Waals surface area (Å²) in [6.07, 6.45) is 13.6. The number of fused-ring (bicyclic) bond motifs is 2. The van der Waals surface area contributed by atoms with Crippen molar-refractivity contribution >= 4 is 23.5 Å². The van der Waals surface area contributed by atoms with Crippen LogP contribution in [-0.2, 0) is 11.2 Å². The lowest BCUT2D eigenvalue weighted by molar-refractivity contribution is -0.120. The van der Waals surface area contributed by atoms with Gasteiger partial charge in [0, 0.05) is 18.7 Å². The van der Waals surface area contributed by atoms with E-state index >= 15 is 0 Å². The largest absolute Gasteiger partial charge is 0.465 e. The molecule has 0 N–H and O–H groups in total. The van der Waals surface area contributed by atoms with Gasteiger partial charge < -0.3 is 4.42 Å². The van der Waals surface area contributed by atoms with Gasteiger partial charge in [0.05, 0.1) is 17.7 Å². The lowest BCUT2D eigenvalue weighted by Crippen LogP contribution is -2.36. The zero-order valence-electron chi connectivity index (χ0n) is 16.2. The fourth-order valence-electron chi connectivity index (χ4n) is 4.09. The fraction of sp³-hybridized carbons (Fsp3) is 0.160. The smallest absolute Gasteiger partial charge is 0.282 e. The second-order valence-electron chi connectivity index (χ2n) is 7.94. The van der Waals surface area contributed by atoms with Crippen LogP contribution in [0.15, 0.2) is 105 Å². The number of aliphatic imine (C=N–C) groups is 2. The van der Waals surface area contributed by atoms with E-state index in [1.54, 1.807) is 23.3 Å². The Morgan fingerprint density at radius 2 is 2.00 bits per heavy atom. The van der Waals surface area contributed by atoms with E-state index in [9.17, 15) is 4.79 Å². The fourth-order valence-corrected chi connectivity index (χ4v) is 4.09. The highest BCUT2D eigenvalue weighted by Gasteiger charge is 2.38. The molecule has 1 aromatic heterocycles. The first-order valence-corrected chi connectivity index (χ1v) is 10.2. The molecule has 2 aliphatic heterocycles. The normalized spacial score (nSPS) is 25.4. The number of hydrogen-bond acceptors (Lipinski definition) is 4.